The number of nitrogens with one attached hydrogen (secondary N) is 1. The van der Waals surface area contributed by atoms with E-state index < -0.39 is 42.4 Å². The third kappa shape index (κ3) is 7.39. The molecule has 1 spiro atoms. The van der Waals surface area contributed by atoms with Crippen LogP contribution < -0.4 is 10.2 Å². The zero-order valence-corrected chi connectivity index (χ0v) is 25.7. The number of anilines is 1. The van der Waals surface area contributed by atoms with E-state index in [0.29, 0.717) is 24.3 Å². The molecule has 2 aliphatic carbocycles. The van der Waals surface area contributed by atoms with Crippen molar-refractivity contribution < 1.29 is 44.4 Å². The molecule has 1 saturated carbocycles. The molecular weight excluding hydrogens is 594 g/mol. The van der Waals surface area contributed by atoms with Crippen LogP contribution in [0.15, 0.2) is 48.5 Å². The SMILES string of the molecule is O=C(NC1CC1)[C@@H]1Cc2ccccc2N1C(=O)CCN1CCC2(CCc3ccccc32)CC1.O=C(O)CC(O)(CC(=O)O)C(=O)O. The molecule has 6 rings (SSSR count). The molecule has 2 fully saturated rings. The zero-order chi connectivity index (χ0) is 33.1. The molecule has 1 saturated heterocycles. The minimum absolute atomic E-state index is 0.00173. The van der Waals surface area contributed by atoms with Gasteiger partial charge in [0.05, 0.1) is 12.8 Å². The molecule has 2 amide bonds. The number of carbonyl (C=O) groups is 5. The van der Waals surface area contributed by atoms with Crippen molar-refractivity contribution >= 4 is 35.4 Å². The lowest BCUT2D eigenvalue weighted by molar-refractivity contribution is -0.170. The first-order chi connectivity index (χ1) is 21.9. The molecule has 2 aromatic carbocycles. The van der Waals surface area contributed by atoms with Crippen molar-refractivity contribution in [3.63, 3.8) is 0 Å². The van der Waals surface area contributed by atoms with E-state index in [9.17, 15) is 24.0 Å². The molecule has 12 nitrogen and oxygen atoms in total. The molecule has 0 aromatic heterocycles. The lowest BCUT2D eigenvalue weighted by Crippen LogP contribution is -2.49. The van der Waals surface area contributed by atoms with Gasteiger partial charge in [-0.15, -0.1) is 0 Å². The van der Waals surface area contributed by atoms with Crippen LogP contribution >= 0.6 is 0 Å². The van der Waals surface area contributed by atoms with Crippen molar-refractivity contribution in [2.75, 3.05) is 24.5 Å². The average Bonchev–Trinajstić information content (AvgIpc) is 3.63. The molecule has 1 atom stereocenters. The second-order valence-corrected chi connectivity index (χ2v) is 12.9. The lowest BCUT2D eigenvalue weighted by atomic mass is 9.74. The van der Waals surface area contributed by atoms with Gasteiger partial charge in [-0.3, -0.25) is 24.1 Å². The average molecular weight is 636 g/mol. The molecule has 2 aliphatic heterocycles. The number of nitrogens with zero attached hydrogens (tertiary/aromatic N) is 2. The standard InChI is InChI=1S/C28H33N3O2.C6H8O7/c32-26(31-24-8-4-2-6-21(24)19-25(31)27(33)29-22-9-10-22)12-16-30-17-14-28(15-18-30)13-11-20-5-1-3-7-23(20)28;7-3(8)1-6(13,5(11)12)2-4(9)10/h1-8,22,25H,9-19H2,(H,29,33);13H,1-2H2,(H,7,8)(H,9,10)(H,11,12)/t25-;/m0./s1. The number of carbonyl (C=O) groups excluding carboxylic acids is 2. The van der Waals surface area contributed by atoms with Crippen molar-refractivity contribution in [3.8, 4) is 0 Å². The van der Waals surface area contributed by atoms with Crippen molar-refractivity contribution in [3.05, 3.63) is 65.2 Å². The van der Waals surface area contributed by atoms with Gasteiger partial charge in [-0.25, -0.2) is 4.79 Å². The number of aliphatic carboxylic acids is 3. The summed E-state index contributed by atoms with van der Waals surface area (Å²) in [6.07, 6.45) is 5.73. The van der Waals surface area contributed by atoms with Gasteiger partial charge in [-0.2, -0.15) is 0 Å². The fraction of sp³-hybridized carbons (Fsp3) is 0.500. The van der Waals surface area contributed by atoms with E-state index in [-0.39, 0.29) is 11.8 Å². The maximum Gasteiger partial charge on any atom is 0.336 e. The Balaban J connectivity index is 0.000000274. The van der Waals surface area contributed by atoms with E-state index in [1.54, 1.807) is 10.5 Å². The van der Waals surface area contributed by atoms with E-state index in [1.807, 2.05) is 24.3 Å². The highest BCUT2D eigenvalue weighted by Gasteiger charge is 2.43. The van der Waals surface area contributed by atoms with Crippen molar-refractivity contribution in [1.29, 1.82) is 0 Å². The Kier molecular flexibility index (Phi) is 9.78. The summed E-state index contributed by atoms with van der Waals surface area (Å²) >= 11 is 0. The van der Waals surface area contributed by atoms with Crippen LogP contribution in [0.25, 0.3) is 0 Å². The normalized spacial score (nSPS) is 19.8. The fourth-order valence-corrected chi connectivity index (χ4v) is 7.01. The highest BCUT2D eigenvalue weighted by atomic mass is 16.4. The topological polar surface area (TPSA) is 185 Å². The minimum atomic E-state index is -2.74. The lowest BCUT2D eigenvalue weighted by Gasteiger charge is -2.40. The van der Waals surface area contributed by atoms with Gasteiger partial charge in [0.2, 0.25) is 11.8 Å². The predicted molar refractivity (Wildman–Crippen MR) is 166 cm³/mol. The van der Waals surface area contributed by atoms with Gasteiger partial charge in [-0.05, 0) is 79.8 Å². The van der Waals surface area contributed by atoms with Crippen LogP contribution in [0.5, 0.6) is 0 Å². The smallest absolute Gasteiger partial charge is 0.336 e. The van der Waals surface area contributed by atoms with Crippen molar-refractivity contribution in [1.82, 2.24) is 10.2 Å². The van der Waals surface area contributed by atoms with Gasteiger partial charge in [-0.1, -0.05) is 42.5 Å². The van der Waals surface area contributed by atoms with E-state index in [1.165, 1.54) is 31.2 Å². The Morgan fingerprint density at radius 3 is 2.07 bits per heavy atom. The Bertz CT molecular complexity index is 1480. The Morgan fingerprint density at radius 2 is 1.46 bits per heavy atom. The fourth-order valence-electron chi connectivity index (χ4n) is 7.01. The number of carboxylic acids is 3. The largest absolute Gasteiger partial charge is 0.481 e. The molecule has 4 aliphatic rings. The molecule has 2 aromatic rings. The highest BCUT2D eigenvalue weighted by molar-refractivity contribution is 6.03. The molecular formula is C34H41N3O9. The quantitative estimate of drug-likeness (QED) is 0.260. The number of carboxylic acid groups (broad SMARTS) is 3. The van der Waals surface area contributed by atoms with Crippen LogP contribution in [-0.2, 0) is 42.2 Å². The van der Waals surface area contributed by atoms with Crippen LogP contribution in [0.1, 0.15) is 68.1 Å². The molecule has 2 heterocycles. The highest BCUT2D eigenvalue weighted by Crippen LogP contribution is 2.46. The number of para-hydroxylation sites is 1. The van der Waals surface area contributed by atoms with E-state index >= 15 is 0 Å². The van der Waals surface area contributed by atoms with Gasteiger partial charge in [0.1, 0.15) is 6.04 Å². The number of likely N-dealkylation sites (tertiary alicyclic amines) is 1. The van der Waals surface area contributed by atoms with Crippen molar-refractivity contribution in [2.24, 2.45) is 0 Å². The second-order valence-electron chi connectivity index (χ2n) is 12.9. The number of fused-ring (bicyclic) bond motifs is 3. The number of rotatable bonds is 10. The van der Waals surface area contributed by atoms with E-state index in [4.69, 9.17) is 20.4 Å². The van der Waals surface area contributed by atoms with Gasteiger partial charge in [0, 0.05) is 31.1 Å². The summed E-state index contributed by atoms with van der Waals surface area (Å²) < 4.78 is 0. The Hall–Kier alpha value is -4.29. The predicted octanol–water partition coefficient (Wildman–Crippen LogP) is 2.34. The van der Waals surface area contributed by atoms with E-state index in [0.717, 1.165) is 43.7 Å². The molecule has 0 bridgehead atoms. The number of hydrogen-bond donors (Lipinski definition) is 5. The number of benzene rings is 2. The summed E-state index contributed by atoms with van der Waals surface area (Å²) in [5.41, 5.74) is 2.72. The van der Waals surface area contributed by atoms with Gasteiger partial charge < -0.3 is 30.6 Å². The second kappa shape index (κ2) is 13.6. The number of amides is 2. The third-order valence-corrected chi connectivity index (χ3v) is 9.67. The third-order valence-electron chi connectivity index (χ3n) is 9.67. The van der Waals surface area contributed by atoms with Gasteiger partial charge >= 0.3 is 17.9 Å². The first-order valence-corrected chi connectivity index (χ1v) is 15.8. The molecule has 46 heavy (non-hydrogen) atoms. The first kappa shape index (κ1) is 33.1. The zero-order valence-electron chi connectivity index (χ0n) is 25.7. The summed E-state index contributed by atoms with van der Waals surface area (Å²) in [6, 6.07) is 16.8. The summed E-state index contributed by atoms with van der Waals surface area (Å²) in [7, 11) is 0. The monoisotopic (exact) mass is 635 g/mol. The van der Waals surface area contributed by atoms with Crippen LogP contribution in [0.3, 0.4) is 0 Å². The maximum atomic E-state index is 13.4. The van der Waals surface area contributed by atoms with Crippen LogP contribution in [0, 0.1) is 0 Å². The van der Waals surface area contributed by atoms with Crippen LogP contribution in [0.4, 0.5) is 5.69 Å². The van der Waals surface area contributed by atoms with E-state index in [2.05, 4.69) is 34.5 Å². The van der Waals surface area contributed by atoms with Gasteiger partial charge in [0.25, 0.3) is 0 Å². The Labute approximate surface area is 267 Å². The molecule has 12 heteroatoms. The number of hydrogen-bond acceptors (Lipinski definition) is 7. The number of piperidine rings is 1. The Morgan fingerprint density at radius 1 is 0.848 bits per heavy atom. The number of aliphatic hydroxyl groups is 1. The van der Waals surface area contributed by atoms with Crippen LogP contribution in [0.2, 0.25) is 0 Å². The molecule has 0 unspecified atom stereocenters. The summed E-state index contributed by atoms with van der Waals surface area (Å²) in [6.45, 7) is 2.86. The van der Waals surface area contributed by atoms with Gasteiger partial charge in [0.15, 0.2) is 5.60 Å². The summed E-state index contributed by atoms with van der Waals surface area (Å²) in [5.74, 6) is -4.95. The molecule has 246 valence electrons. The van der Waals surface area contributed by atoms with Crippen LogP contribution in [-0.4, -0.2) is 92.4 Å². The number of aryl methyl sites for hydroxylation is 1. The first-order valence-electron chi connectivity index (χ1n) is 15.8. The molecule has 0 radical (unpaired) electrons. The maximum absolute atomic E-state index is 13.4. The summed E-state index contributed by atoms with van der Waals surface area (Å²) in [5, 5.41) is 36.9. The minimum Gasteiger partial charge on any atom is -0.481 e. The van der Waals surface area contributed by atoms with Crippen molar-refractivity contribution in [2.45, 2.75) is 87.3 Å². The summed E-state index contributed by atoms with van der Waals surface area (Å²) in [4.78, 5) is 61.0. The molecule has 5 N–H and O–H groups in total.